The lowest BCUT2D eigenvalue weighted by molar-refractivity contribution is 0.0981. The van der Waals surface area contributed by atoms with E-state index in [4.69, 9.17) is 27.9 Å². The zero-order valence-corrected chi connectivity index (χ0v) is 23.8. The van der Waals surface area contributed by atoms with Crippen molar-refractivity contribution in [1.82, 2.24) is 13.6 Å². The van der Waals surface area contributed by atoms with Gasteiger partial charge in [0.05, 0.1) is 17.8 Å². The molecule has 2 aromatic carbocycles. The van der Waals surface area contributed by atoms with Crippen LogP contribution >= 0.6 is 35.0 Å². The molecule has 0 spiro atoms. The van der Waals surface area contributed by atoms with Gasteiger partial charge in [-0.05, 0) is 54.0 Å². The number of hydrogen-bond donors (Lipinski definition) is 1. The maximum Gasteiger partial charge on any atom is 0.269 e. The Morgan fingerprint density at radius 2 is 1.82 bits per heavy atom. The Kier molecular flexibility index (Phi) is 10.1. The minimum absolute atomic E-state index is 0.0425. The van der Waals surface area contributed by atoms with Crippen molar-refractivity contribution < 1.29 is 13.7 Å². The van der Waals surface area contributed by atoms with Crippen LogP contribution in [-0.2, 0) is 24.1 Å². The number of rotatable bonds is 9. The molecule has 2 heterocycles. The largest absolute Gasteiger partial charge is 0.497 e. The second-order valence-corrected chi connectivity index (χ2v) is 11.7. The number of halogens is 2. The molecule has 4 rings (SSSR count). The molecule has 38 heavy (non-hydrogen) atoms. The first kappa shape index (κ1) is 28.4. The molecular weight excluding hydrogens is 565 g/mol. The van der Waals surface area contributed by atoms with Crippen molar-refractivity contribution in [1.29, 1.82) is 0 Å². The minimum atomic E-state index is -1.55. The summed E-state index contributed by atoms with van der Waals surface area (Å²) in [5.74, 6) is 2.13. The Balaban J connectivity index is 1.46. The zero-order valence-electron chi connectivity index (χ0n) is 20.7. The van der Waals surface area contributed by atoms with Crippen LogP contribution in [0.1, 0.15) is 27.2 Å². The first-order valence-corrected chi connectivity index (χ1v) is 14.9. The summed E-state index contributed by atoms with van der Waals surface area (Å²) in [6, 6.07) is 16.0. The van der Waals surface area contributed by atoms with Gasteiger partial charge in [0.1, 0.15) is 10.8 Å². The number of pyridine rings is 1. The number of aryl methyl sites for hydroxylation is 1. The van der Waals surface area contributed by atoms with Crippen molar-refractivity contribution in [3.63, 3.8) is 0 Å². The minimum Gasteiger partial charge on any atom is -0.497 e. The van der Waals surface area contributed by atoms with Crippen LogP contribution in [0.25, 0.3) is 12.2 Å². The molecule has 1 unspecified atom stereocenters. The second kappa shape index (κ2) is 13.5. The summed E-state index contributed by atoms with van der Waals surface area (Å²) in [6.07, 6.45) is 4.15. The van der Waals surface area contributed by atoms with Crippen LogP contribution in [0, 0.1) is 0 Å². The van der Waals surface area contributed by atoms with Crippen LogP contribution < -0.4 is 15.0 Å². The highest BCUT2D eigenvalue weighted by atomic mass is 35.5. The van der Waals surface area contributed by atoms with Gasteiger partial charge in [-0.2, -0.15) is 11.8 Å². The third-order valence-corrected chi connectivity index (χ3v) is 8.70. The highest BCUT2D eigenvalue weighted by Gasteiger charge is 2.19. The summed E-state index contributed by atoms with van der Waals surface area (Å²) in [5.41, 5.74) is 2.43. The molecule has 1 aliphatic rings. The molecule has 7 nitrogen and oxygen atoms in total. The van der Waals surface area contributed by atoms with Gasteiger partial charge in [-0.3, -0.25) is 14.3 Å². The average molecular weight is 593 g/mol. The van der Waals surface area contributed by atoms with Gasteiger partial charge < -0.3 is 9.30 Å². The normalized spacial score (nSPS) is 14.9. The van der Waals surface area contributed by atoms with Crippen LogP contribution in [-0.4, -0.2) is 50.7 Å². The molecule has 0 radical (unpaired) electrons. The van der Waals surface area contributed by atoms with Crippen molar-refractivity contribution in [3.8, 4) is 5.75 Å². The predicted molar refractivity (Wildman–Crippen MR) is 157 cm³/mol. The molecule has 11 heteroatoms. The van der Waals surface area contributed by atoms with E-state index in [1.54, 1.807) is 34.2 Å². The molecule has 1 fully saturated rings. The molecule has 1 amide bonds. The highest BCUT2D eigenvalue weighted by molar-refractivity contribution is 7.99. The Morgan fingerprint density at radius 3 is 2.53 bits per heavy atom. The van der Waals surface area contributed by atoms with Gasteiger partial charge in [-0.25, -0.2) is 8.51 Å². The van der Waals surface area contributed by atoms with Gasteiger partial charge in [0, 0.05) is 36.7 Å². The number of nitrogens with zero attached hydrogens (tertiary/aromatic N) is 2. The fourth-order valence-electron chi connectivity index (χ4n) is 3.91. The fourth-order valence-corrected chi connectivity index (χ4v) is 6.50. The van der Waals surface area contributed by atoms with E-state index in [2.05, 4.69) is 4.72 Å². The summed E-state index contributed by atoms with van der Waals surface area (Å²) >= 11 is 12.9. The topological polar surface area (TPSA) is 80.6 Å². The Labute approximate surface area is 238 Å². The highest BCUT2D eigenvalue weighted by Crippen LogP contribution is 2.22. The standard InChI is InChI=1S/C27H27Cl2N3O4S2/c1-36-22-4-2-3-20(17-22)7-10-25-23(28)18-24(29)27(34)32(25)12-11-19-5-8-21(9-6-19)26(33)30-38(35)31-13-15-37-16-14-31/h2-10,17-18H,11-16H2,1H3,(H,30,33)/b10-7+. The smallest absolute Gasteiger partial charge is 0.269 e. The lowest BCUT2D eigenvalue weighted by Crippen LogP contribution is -2.42. The molecule has 1 saturated heterocycles. The molecule has 1 atom stereocenters. The SMILES string of the molecule is COc1cccc(/C=C/c2c(Cl)cc(Cl)c(=O)n2CCc2ccc(C(=O)NS(=O)N3CCSCC3)cc2)c1. The number of hydrogen-bond acceptors (Lipinski definition) is 5. The van der Waals surface area contributed by atoms with Crippen molar-refractivity contribution in [2.45, 2.75) is 13.0 Å². The van der Waals surface area contributed by atoms with Gasteiger partial charge >= 0.3 is 0 Å². The summed E-state index contributed by atoms with van der Waals surface area (Å²) in [4.78, 5) is 25.4. The van der Waals surface area contributed by atoms with E-state index in [1.807, 2.05) is 54.2 Å². The van der Waals surface area contributed by atoms with Gasteiger partial charge in [0.15, 0.2) is 11.2 Å². The summed E-state index contributed by atoms with van der Waals surface area (Å²) in [5, 5.41) is 0.405. The van der Waals surface area contributed by atoms with E-state index in [9.17, 15) is 13.8 Å². The van der Waals surface area contributed by atoms with E-state index in [0.29, 0.717) is 42.3 Å². The van der Waals surface area contributed by atoms with Crippen molar-refractivity contribution in [2.75, 3.05) is 31.7 Å². The quantitative estimate of drug-likeness (QED) is 0.381. The van der Waals surface area contributed by atoms with Crippen molar-refractivity contribution in [3.05, 3.63) is 97.4 Å². The molecule has 0 saturated carbocycles. The van der Waals surface area contributed by atoms with E-state index < -0.39 is 17.1 Å². The molecular formula is C27H27Cl2N3O4S2. The first-order valence-electron chi connectivity index (χ1n) is 11.9. The number of aromatic nitrogens is 1. The monoisotopic (exact) mass is 591 g/mol. The number of amides is 1. The van der Waals surface area contributed by atoms with Crippen LogP contribution in [0.3, 0.4) is 0 Å². The third kappa shape index (κ3) is 7.30. The third-order valence-electron chi connectivity index (χ3n) is 5.99. The number of ether oxygens (including phenoxy) is 1. The Hall–Kier alpha value is -2.56. The number of carbonyl (C=O) groups is 1. The average Bonchev–Trinajstić information content (AvgIpc) is 2.94. The summed E-state index contributed by atoms with van der Waals surface area (Å²) in [7, 11) is 1.60. The molecule has 0 bridgehead atoms. The van der Waals surface area contributed by atoms with E-state index in [0.717, 1.165) is 28.4 Å². The van der Waals surface area contributed by atoms with Gasteiger partial charge in [0.2, 0.25) is 0 Å². The fraction of sp³-hybridized carbons (Fsp3) is 0.259. The molecule has 3 aromatic rings. The number of nitrogens with one attached hydrogen (secondary N) is 1. The van der Waals surface area contributed by atoms with E-state index in [1.165, 1.54) is 6.07 Å². The Morgan fingerprint density at radius 1 is 1.08 bits per heavy atom. The van der Waals surface area contributed by atoms with Crippen molar-refractivity contribution >= 4 is 64.2 Å². The first-order chi connectivity index (χ1) is 18.4. The lowest BCUT2D eigenvalue weighted by atomic mass is 10.1. The number of benzene rings is 2. The maximum absolute atomic E-state index is 12.9. The number of thioether (sulfide) groups is 1. The second-order valence-electron chi connectivity index (χ2n) is 8.46. The molecule has 200 valence electrons. The van der Waals surface area contributed by atoms with Crippen LogP contribution in [0.5, 0.6) is 5.75 Å². The van der Waals surface area contributed by atoms with Crippen LogP contribution in [0.15, 0.2) is 59.4 Å². The van der Waals surface area contributed by atoms with Gasteiger partial charge in [0.25, 0.3) is 11.5 Å². The van der Waals surface area contributed by atoms with Gasteiger partial charge in [-0.1, -0.05) is 53.5 Å². The molecule has 1 aromatic heterocycles. The number of methoxy groups -OCH3 is 1. The molecule has 1 N–H and O–H groups in total. The molecule has 0 aliphatic carbocycles. The van der Waals surface area contributed by atoms with Crippen LogP contribution in [0.4, 0.5) is 0 Å². The molecule has 1 aliphatic heterocycles. The Bertz CT molecular complexity index is 1400. The predicted octanol–water partition coefficient (Wildman–Crippen LogP) is 4.93. The number of carbonyl (C=O) groups excluding carboxylic acids is 1. The van der Waals surface area contributed by atoms with E-state index in [-0.39, 0.29) is 10.6 Å². The van der Waals surface area contributed by atoms with Crippen molar-refractivity contribution in [2.24, 2.45) is 0 Å². The van der Waals surface area contributed by atoms with Crippen LogP contribution in [0.2, 0.25) is 10.0 Å². The lowest BCUT2D eigenvalue weighted by Gasteiger charge is -2.24. The summed E-state index contributed by atoms with van der Waals surface area (Å²) < 4.78 is 23.6. The summed E-state index contributed by atoms with van der Waals surface area (Å²) in [6.45, 7) is 1.69. The van der Waals surface area contributed by atoms with Gasteiger partial charge in [-0.15, -0.1) is 0 Å². The zero-order chi connectivity index (χ0) is 27.1. The van der Waals surface area contributed by atoms with E-state index >= 15 is 0 Å². The maximum atomic E-state index is 12.9.